The van der Waals surface area contributed by atoms with Crippen LogP contribution >= 0.6 is 27.5 Å². The molecule has 1 amide bonds. The SMILES string of the molecule is O=C(O)CNC(=O)C(Br)Cc1ccccc1Cl. The van der Waals surface area contributed by atoms with E-state index in [1.54, 1.807) is 12.1 Å². The minimum atomic E-state index is -1.07. The third-order valence-corrected chi connectivity index (χ3v) is 3.16. The number of alkyl halides is 1. The number of carbonyl (C=O) groups excluding carboxylic acids is 1. The third-order valence-electron chi connectivity index (χ3n) is 2.06. The second-order valence-electron chi connectivity index (χ2n) is 3.37. The van der Waals surface area contributed by atoms with E-state index in [0.29, 0.717) is 11.4 Å². The average Bonchev–Trinajstić information content (AvgIpc) is 2.28. The first-order valence-corrected chi connectivity index (χ1v) is 6.17. The van der Waals surface area contributed by atoms with Gasteiger partial charge >= 0.3 is 5.97 Å². The zero-order chi connectivity index (χ0) is 12.8. The van der Waals surface area contributed by atoms with Crippen LogP contribution in [0.3, 0.4) is 0 Å². The predicted octanol–water partition coefficient (Wildman–Crippen LogP) is 1.85. The molecule has 4 nitrogen and oxygen atoms in total. The summed E-state index contributed by atoms with van der Waals surface area (Å²) < 4.78 is 0. The molecule has 1 aromatic rings. The van der Waals surface area contributed by atoms with Crippen molar-refractivity contribution in [1.29, 1.82) is 0 Å². The summed E-state index contributed by atoms with van der Waals surface area (Å²) in [5.41, 5.74) is 0.835. The second kappa shape index (κ2) is 6.61. The second-order valence-corrected chi connectivity index (χ2v) is 4.89. The fourth-order valence-electron chi connectivity index (χ4n) is 1.22. The van der Waals surface area contributed by atoms with Crippen molar-refractivity contribution in [2.75, 3.05) is 6.54 Å². The summed E-state index contributed by atoms with van der Waals surface area (Å²) in [6, 6.07) is 7.20. The van der Waals surface area contributed by atoms with Crippen molar-refractivity contribution < 1.29 is 14.7 Å². The van der Waals surface area contributed by atoms with Crippen molar-refractivity contribution in [3.63, 3.8) is 0 Å². The van der Waals surface area contributed by atoms with Gasteiger partial charge in [-0.05, 0) is 18.1 Å². The van der Waals surface area contributed by atoms with Gasteiger partial charge in [0.05, 0.1) is 4.83 Å². The zero-order valence-electron chi connectivity index (χ0n) is 8.82. The number of hydrogen-bond acceptors (Lipinski definition) is 2. The lowest BCUT2D eigenvalue weighted by molar-refractivity contribution is -0.137. The standard InChI is InChI=1S/C11H11BrClNO3/c12-8(11(17)14-6-10(15)16)5-7-3-1-2-4-9(7)13/h1-4,8H,5-6H2,(H,14,17)(H,15,16). The highest BCUT2D eigenvalue weighted by atomic mass is 79.9. The molecule has 0 aliphatic heterocycles. The molecule has 1 unspecified atom stereocenters. The summed E-state index contributed by atoms with van der Waals surface area (Å²) in [5, 5.41) is 11.3. The van der Waals surface area contributed by atoms with Gasteiger partial charge in [0, 0.05) is 5.02 Å². The molecule has 1 atom stereocenters. The number of carbonyl (C=O) groups is 2. The Morgan fingerprint density at radius 2 is 2.06 bits per heavy atom. The highest BCUT2D eigenvalue weighted by molar-refractivity contribution is 9.10. The third kappa shape index (κ3) is 4.75. The molecule has 0 aromatic heterocycles. The van der Waals surface area contributed by atoms with E-state index in [0.717, 1.165) is 5.56 Å². The summed E-state index contributed by atoms with van der Waals surface area (Å²) in [6.45, 7) is -0.385. The van der Waals surface area contributed by atoms with Crippen LogP contribution in [0.25, 0.3) is 0 Å². The molecule has 0 bridgehead atoms. The fraction of sp³-hybridized carbons (Fsp3) is 0.273. The van der Waals surface area contributed by atoms with Gasteiger partial charge < -0.3 is 10.4 Å². The highest BCUT2D eigenvalue weighted by Crippen LogP contribution is 2.19. The Balaban J connectivity index is 2.54. The molecule has 2 N–H and O–H groups in total. The van der Waals surface area contributed by atoms with Crippen LogP contribution in [0.1, 0.15) is 5.56 Å². The van der Waals surface area contributed by atoms with Gasteiger partial charge in [0.15, 0.2) is 0 Å². The zero-order valence-corrected chi connectivity index (χ0v) is 11.2. The van der Waals surface area contributed by atoms with E-state index in [1.807, 2.05) is 12.1 Å². The van der Waals surface area contributed by atoms with Gasteiger partial charge in [0.2, 0.25) is 5.91 Å². The Morgan fingerprint density at radius 1 is 1.41 bits per heavy atom. The average molecular weight is 321 g/mol. The Morgan fingerprint density at radius 3 is 2.65 bits per heavy atom. The first kappa shape index (κ1) is 14.0. The maximum atomic E-state index is 11.5. The number of hydrogen-bond donors (Lipinski definition) is 2. The highest BCUT2D eigenvalue weighted by Gasteiger charge is 2.16. The molecule has 92 valence electrons. The van der Waals surface area contributed by atoms with Crippen LogP contribution in [0, 0.1) is 0 Å². The molecule has 1 aromatic carbocycles. The molecular formula is C11H11BrClNO3. The first-order valence-electron chi connectivity index (χ1n) is 4.87. The van der Waals surface area contributed by atoms with E-state index in [1.165, 1.54) is 0 Å². The Kier molecular flexibility index (Phi) is 5.44. The predicted molar refractivity (Wildman–Crippen MR) is 68.5 cm³/mol. The van der Waals surface area contributed by atoms with Gasteiger partial charge in [-0.15, -0.1) is 0 Å². The fourth-order valence-corrected chi connectivity index (χ4v) is 1.95. The van der Waals surface area contributed by atoms with E-state index >= 15 is 0 Å². The van der Waals surface area contributed by atoms with Gasteiger partial charge in [0.1, 0.15) is 6.54 Å². The minimum Gasteiger partial charge on any atom is -0.480 e. The van der Waals surface area contributed by atoms with E-state index in [4.69, 9.17) is 16.7 Å². The van der Waals surface area contributed by atoms with Crippen molar-refractivity contribution in [3.05, 3.63) is 34.9 Å². The van der Waals surface area contributed by atoms with Crippen molar-refractivity contribution >= 4 is 39.4 Å². The van der Waals surface area contributed by atoms with E-state index in [2.05, 4.69) is 21.2 Å². The molecule has 6 heteroatoms. The molecule has 0 saturated heterocycles. The summed E-state index contributed by atoms with van der Waals surface area (Å²) in [4.78, 5) is 21.3. The van der Waals surface area contributed by atoms with Gasteiger partial charge in [-0.2, -0.15) is 0 Å². The number of benzene rings is 1. The number of halogens is 2. The largest absolute Gasteiger partial charge is 0.480 e. The van der Waals surface area contributed by atoms with Crippen LogP contribution < -0.4 is 5.32 Å². The van der Waals surface area contributed by atoms with Crippen LogP contribution in [0.5, 0.6) is 0 Å². The topological polar surface area (TPSA) is 66.4 Å². The molecule has 0 saturated carbocycles. The molecule has 0 heterocycles. The number of nitrogens with one attached hydrogen (secondary N) is 1. The lowest BCUT2D eigenvalue weighted by atomic mass is 10.1. The van der Waals surface area contributed by atoms with Crippen LogP contribution in [0.4, 0.5) is 0 Å². The lowest BCUT2D eigenvalue weighted by Crippen LogP contribution is -2.35. The lowest BCUT2D eigenvalue weighted by Gasteiger charge is -2.10. The molecule has 17 heavy (non-hydrogen) atoms. The quantitative estimate of drug-likeness (QED) is 0.814. The Labute approximate surface area is 112 Å². The number of rotatable bonds is 5. The maximum absolute atomic E-state index is 11.5. The summed E-state index contributed by atoms with van der Waals surface area (Å²) in [6.07, 6.45) is 0.408. The van der Waals surface area contributed by atoms with Crippen LogP contribution in [0.15, 0.2) is 24.3 Å². The first-order chi connectivity index (χ1) is 8.00. The Hall–Kier alpha value is -1.07. The molecule has 1 rings (SSSR count). The number of carboxylic acid groups (broad SMARTS) is 1. The molecular weight excluding hydrogens is 309 g/mol. The van der Waals surface area contributed by atoms with Crippen LogP contribution in [-0.2, 0) is 16.0 Å². The number of aliphatic carboxylic acids is 1. The molecule has 0 fully saturated rings. The number of amides is 1. The van der Waals surface area contributed by atoms with Gasteiger partial charge in [-0.1, -0.05) is 45.7 Å². The molecule has 0 radical (unpaired) electrons. The smallest absolute Gasteiger partial charge is 0.322 e. The molecule has 0 aliphatic carbocycles. The Bertz CT molecular complexity index is 425. The van der Waals surface area contributed by atoms with Crippen LogP contribution in [0.2, 0.25) is 5.02 Å². The van der Waals surface area contributed by atoms with Gasteiger partial charge in [0.25, 0.3) is 0 Å². The summed E-state index contributed by atoms with van der Waals surface area (Å²) in [7, 11) is 0. The van der Waals surface area contributed by atoms with E-state index in [-0.39, 0.29) is 12.5 Å². The number of carboxylic acids is 1. The van der Waals surface area contributed by atoms with Crippen molar-refractivity contribution in [2.24, 2.45) is 0 Å². The van der Waals surface area contributed by atoms with Crippen LogP contribution in [-0.4, -0.2) is 28.4 Å². The van der Waals surface area contributed by atoms with E-state index < -0.39 is 10.8 Å². The van der Waals surface area contributed by atoms with Gasteiger partial charge in [-0.3, -0.25) is 9.59 Å². The molecule has 0 aliphatic rings. The maximum Gasteiger partial charge on any atom is 0.322 e. The normalized spacial score (nSPS) is 11.9. The van der Waals surface area contributed by atoms with Crippen molar-refractivity contribution in [3.8, 4) is 0 Å². The summed E-state index contributed by atoms with van der Waals surface area (Å²) >= 11 is 9.15. The van der Waals surface area contributed by atoms with Gasteiger partial charge in [-0.25, -0.2) is 0 Å². The minimum absolute atomic E-state index is 0.368. The monoisotopic (exact) mass is 319 g/mol. The van der Waals surface area contributed by atoms with Crippen molar-refractivity contribution in [2.45, 2.75) is 11.2 Å². The summed E-state index contributed by atoms with van der Waals surface area (Å²) in [5.74, 6) is -1.44. The van der Waals surface area contributed by atoms with E-state index in [9.17, 15) is 9.59 Å². The molecule has 0 spiro atoms. The van der Waals surface area contributed by atoms with Crippen molar-refractivity contribution in [1.82, 2.24) is 5.32 Å².